The number of hydrogen-bond acceptors (Lipinski definition) is 4. The maximum absolute atomic E-state index is 12.2. The normalized spacial score (nSPS) is 14.4. The Morgan fingerprint density at radius 3 is 2.60 bits per heavy atom. The van der Waals surface area contributed by atoms with E-state index in [0.717, 1.165) is 39.1 Å². The van der Waals surface area contributed by atoms with Crippen LogP contribution in [0.4, 0.5) is 0 Å². The third-order valence-corrected chi connectivity index (χ3v) is 4.82. The van der Waals surface area contributed by atoms with Gasteiger partial charge >= 0.3 is 0 Å². The van der Waals surface area contributed by atoms with E-state index < -0.39 is 0 Å². The monoisotopic (exact) mass is 331 g/mol. The Hall–Kier alpha value is -3.34. The first-order valence-electron chi connectivity index (χ1n) is 7.95. The largest absolute Gasteiger partial charge is 0.497 e. The molecule has 2 amide bonds. The molecule has 0 fully saturated rings. The van der Waals surface area contributed by atoms with Crippen molar-refractivity contribution in [1.29, 1.82) is 0 Å². The molecule has 2 aliphatic rings. The van der Waals surface area contributed by atoms with Crippen LogP contribution in [-0.2, 0) is 6.42 Å². The number of nitrogens with one attached hydrogen (secondary N) is 1. The minimum Gasteiger partial charge on any atom is -0.497 e. The number of carbonyl (C=O) groups excluding carboxylic acids is 2. The number of benzene rings is 3. The lowest BCUT2D eigenvalue weighted by Crippen LogP contribution is -2.20. The van der Waals surface area contributed by atoms with Gasteiger partial charge in [0.2, 0.25) is 0 Å². The molecule has 2 heterocycles. The fourth-order valence-electron chi connectivity index (χ4n) is 3.62. The van der Waals surface area contributed by atoms with Gasteiger partial charge in [-0.25, -0.2) is 0 Å². The number of methoxy groups -OCH3 is 1. The second-order valence-electron chi connectivity index (χ2n) is 6.16. The quantitative estimate of drug-likeness (QED) is 0.543. The van der Waals surface area contributed by atoms with Gasteiger partial charge in [-0.2, -0.15) is 0 Å². The molecule has 122 valence electrons. The van der Waals surface area contributed by atoms with Crippen LogP contribution in [0, 0.1) is 0 Å². The topological polar surface area (TPSA) is 64.6 Å². The summed E-state index contributed by atoms with van der Waals surface area (Å²) in [4.78, 5) is 24.0. The summed E-state index contributed by atoms with van der Waals surface area (Å²) >= 11 is 0. The summed E-state index contributed by atoms with van der Waals surface area (Å²) < 4.78 is 11.3. The van der Waals surface area contributed by atoms with Crippen molar-refractivity contribution in [3.8, 4) is 17.2 Å². The van der Waals surface area contributed by atoms with Gasteiger partial charge in [-0.05, 0) is 47.2 Å². The van der Waals surface area contributed by atoms with E-state index in [0.29, 0.717) is 17.5 Å². The fourth-order valence-corrected chi connectivity index (χ4v) is 3.62. The smallest absolute Gasteiger partial charge is 0.259 e. The molecule has 0 saturated heterocycles. The molecular weight excluding hydrogens is 318 g/mol. The van der Waals surface area contributed by atoms with Gasteiger partial charge < -0.3 is 9.47 Å². The van der Waals surface area contributed by atoms with Gasteiger partial charge in [0.25, 0.3) is 11.8 Å². The Labute approximate surface area is 143 Å². The summed E-state index contributed by atoms with van der Waals surface area (Å²) in [6, 6.07) is 13.0. The molecule has 0 saturated carbocycles. The van der Waals surface area contributed by atoms with Crippen LogP contribution in [-0.4, -0.2) is 18.9 Å². The number of carbonyl (C=O) groups is 2. The molecule has 0 aliphatic carbocycles. The molecule has 25 heavy (non-hydrogen) atoms. The Morgan fingerprint density at radius 2 is 1.76 bits per heavy atom. The van der Waals surface area contributed by atoms with Crippen molar-refractivity contribution in [3.63, 3.8) is 0 Å². The highest BCUT2D eigenvalue weighted by Gasteiger charge is 2.30. The van der Waals surface area contributed by atoms with Gasteiger partial charge in [-0.3, -0.25) is 14.9 Å². The van der Waals surface area contributed by atoms with Crippen molar-refractivity contribution in [1.82, 2.24) is 5.32 Å². The number of hydrogen-bond donors (Lipinski definition) is 1. The summed E-state index contributed by atoms with van der Waals surface area (Å²) in [5.74, 6) is 1.67. The predicted octanol–water partition coefficient (Wildman–Crippen LogP) is 3.43. The van der Waals surface area contributed by atoms with E-state index in [2.05, 4.69) is 5.32 Å². The lowest BCUT2D eigenvalue weighted by molar-refractivity contribution is 0.0880. The number of imide groups is 1. The van der Waals surface area contributed by atoms with Crippen molar-refractivity contribution in [2.24, 2.45) is 0 Å². The van der Waals surface area contributed by atoms with Crippen molar-refractivity contribution in [3.05, 3.63) is 64.7 Å². The highest BCUT2D eigenvalue weighted by molar-refractivity contribution is 6.26. The molecule has 0 atom stereocenters. The summed E-state index contributed by atoms with van der Waals surface area (Å²) in [6.07, 6.45) is 0.674. The van der Waals surface area contributed by atoms with Crippen LogP contribution in [0.3, 0.4) is 0 Å². The molecule has 0 bridgehead atoms. The molecule has 5 nitrogen and oxygen atoms in total. The first kappa shape index (κ1) is 14.0. The Morgan fingerprint density at radius 1 is 0.960 bits per heavy atom. The molecule has 5 rings (SSSR count). The molecule has 0 radical (unpaired) electrons. The first-order valence-corrected chi connectivity index (χ1v) is 7.95. The van der Waals surface area contributed by atoms with Crippen molar-refractivity contribution in [2.45, 2.75) is 6.42 Å². The molecule has 0 aromatic heterocycles. The number of fused-ring (bicyclic) bond motifs is 6. The Bertz CT molecular complexity index is 1100. The molecule has 0 spiro atoms. The molecule has 5 heteroatoms. The molecule has 3 aromatic rings. The average molecular weight is 331 g/mol. The lowest BCUT2D eigenvalue weighted by Gasteiger charge is -2.22. The van der Waals surface area contributed by atoms with E-state index in [-0.39, 0.29) is 11.8 Å². The van der Waals surface area contributed by atoms with E-state index in [1.165, 1.54) is 0 Å². The van der Waals surface area contributed by atoms with E-state index in [1.807, 2.05) is 36.4 Å². The van der Waals surface area contributed by atoms with Crippen LogP contribution >= 0.6 is 0 Å². The molecule has 2 aliphatic heterocycles. The second kappa shape index (κ2) is 4.83. The van der Waals surface area contributed by atoms with Gasteiger partial charge in [-0.1, -0.05) is 6.07 Å². The summed E-state index contributed by atoms with van der Waals surface area (Å²) in [5, 5.41) is 4.06. The standard InChI is InChI=1S/C20H13NO4/c1-24-11-2-6-16-10(8-11)9-15-12-3-4-14-18(20(23)21-19(14)22)13(12)5-7-17(15)25-16/h2-8H,9H2,1H3,(H,21,22,23). The lowest BCUT2D eigenvalue weighted by atomic mass is 9.91. The maximum atomic E-state index is 12.2. The van der Waals surface area contributed by atoms with E-state index >= 15 is 0 Å². The third-order valence-electron chi connectivity index (χ3n) is 4.82. The SMILES string of the molecule is COc1ccc2c(c1)Cc1c(ccc3c4c(ccc13)C(=O)NC4=O)O2. The second-order valence-corrected chi connectivity index (χ2v) is 6.16. The van der Waals surface area contributed by atoms with Crippen LogP contribution in [0.15, 0.2) is 42.5 Å². The van der Waals surface area contributed by atoms with Crippen molar-refractivity contribution in [2.75, 3.05) is 7.11 Å². The van der Waals surface area contributed by atoms with Crippen LogP contribution in [0.1, 0.15) is 31.8 Å². The van der Waals surface area contributed by atoms with Crippen LogP contribution in [0.2, 0.25) is 0 Å². The van der Waals surface area contributed by atoms with Gasteiger partial charge in [0, 0.05) is 17.5 Å². The molecule has 3 aromatic carbocycles. The van der Waals surface area contributed by atoms with Gasteiger partial charge in [0.15, 0.2) is 0 Å². The Kier molecular flexibility index (Phi) is 2.71. The number of amides is 2. The highest BCUT2D eigenvalue weighted by atomic mass is 16.5. The zero-order valence-electron chi connectivity index (χ0n) is 13.4. The van der Waals surface area contributed by atoms with E-state index in [1.54, 1.807) is 13.2 Å². The van der Waals surface area contributed by atoms with Crippen LogP contribution in [0.5, 0.6) is 17.2 Å². The number of rotatable bonds is 1. The van der Waals surface area contributed by atoms with Gasteiger partial charge in [-0.15, -0.1) is 0 Å². The van der Waals surface area contributed by atoms with E-state index in [4.69, 9.17) is 9.47 Å². The minimum atomic E-state index is -0.343. The summed E-state index contributed by atoms with van der Waals surface area (Å²) in [5.41, 5.74) is 2.91. The van der Waals surface area contributed by atoms with Crippen LogP contribution < -0.4 is 14.8 Å². The zero-order chi connectivity index (χ0) is 17.1. The number of ether oxygens (including phenoxy) is 2. The average Bonchev–Trinajstić information content (AvgIpc) is 2.93. The van der Waals surface area contributed by atoms with Gasteiger partial charge in [0.1, 0.15) is 17.2 Å². The van der Waals surface area contributed by atoms with E-state index in [9.17, 15) is 9.59 Å². The molecule has 0 unspecified atom stereocenters. The third kappa shape index (κ3) is 1.89. The first-order chi connectivity index (χ1) is 12.2. The van der Waals surface area contributed by atoms with Crippen molar-refractivity contribution < 1.29 is 19.1 Å². The van der Waals surface area contributed by atoms with Crippen molar-refractivity contribution >= 4 is 22.6 Å². The Balaban J connectivity index is 1.73. The maximum Gasteiger partial charge on any atom is 0.259 e. The minimum absolute atomic E-state index is 0.342. The zero-order valence-corrected chi connectivity index (χ0v) is 13.4. The molecular formula is C20H13NO4. The predicted molar refractivity (Wildman–Crippen MR) is 91.6 cm³/mol. The fraction of sp³-hybridized carbons (Fsp3) is 0.100. The summed E-state index contributed by atoms with van der Waals surface area (Å²) in [7, 11) is 1.63. The van der Waals surface area contributed by atoms with Crippen LogP contribution in [0.25, 0.3) is 10.8 Å². The highest BCUT2D eigenvalue weighted by Crippen LogP contribution is 2.42. The summed E-state index contributed by atoms with van der Waals surface area (Å²) in [6.45, 7) is 0. The van der Waals surface area contributed by atoms with Gasteiger partial charge in [0.05, 0.1) is 18.2 Å². The molecule has 1 N–H and O–H groups in total.